The first-order valence-corrected chi connectivity index (χ1v) is 4.78. The molecule has 0 aliphatic heterocycles. The molecule has 0 saturated heterocycles. The maximum Gasteiger partial charge on any atom is 0.130 e. The Morgan fingerprint density at radius 3 is 2.33 bits per heavy atom. The van der Waals surface area contributed by atoms with Gasteiger partial charge in [-0.05, 0) is 24.5 Å². The average molecular weight is 231 g/mol. The molecule has 1 rings (SSSR count). The van der Waals surface area contributed by atoms with Crippen molar-refractivity contribution in [1.29, 1.82) is 0 Å². The Bertz CT molecular complexity index is 292. The third kappa shape index (κ3) is 1.69. The van der Waals surface area contributed by atoms with Gasteiger partial charge in [0.25, 0.3) is 0 Å². The Labute approximate surface area is 80.9 Å². The molecule has 0 aliphatic rings. The molecule has 1 aromatic carbocycles. The van der Waals surface area contributed by atoms with Crippen LogP contribution in [0.5, 0.6) is 0 Å². The van der Waals surface area contributed by atoms with Crippen LogP contribution in [-0.2, 0) is 0 Å². The molecule has 0 spiro atoms. The van der Waals surface area contributed by atoms with Crippen LogP contribution >= 0.6 is 15.9 Å². The van der Waals surface area contributed by atoms with E-state index in [4.69, 9.17) is 0 Å². The van der Waals surface area contributed by atoms with E-state index in [0.29, 0.717) is 5.56 Å². The van der Waals surface area contributed by atoms with Gasteiger partial charge >= 0.3 is 0 Å². The number of hydrogen-bond donors (Lipinski definition) is 0. The van der Waals surface area contributed by atoms with Crippen LogP contribution < -0.4 is 0 Å². The number of halogens is 2. The maximum atomic E-state index is 13.5. The van der Waals surface area contributed by atoms with Crippen molar-refractivity contribution in [2.45, 2.75) is 26.7 Å². The molecule has 66 valence electrons. The molecular weight excluding hydrogens is 219 g/mol. The SMILES string of the molecule is Cc1ccc(Br)c(C(C)C)c1F. The predicted octanol–water partition coefficient (Wildman–Crippen LogP) is 4.02. The van der Waals surface area contributed by atoms with Gasteiger partial charge < -0.3 is 0 Å². The quantitative estimate of drug-likeness (QED) is 0.684. The van der Waals surface area contributed by atoms with Gasteiger partial charge in [-0.1, -0.05) is 35.8 Å². The van der Waals surface area contributed by atoms with Gasteiger partial charge in [0, 0.05) is 10.0 Å². The van der Waals surface area contributed by atoms with Crippen LogP contribution in [0.1, 0.15) is 30.9 Å². The summed E-state index contributed by atoms with van der Waals surface area (Å²) in [6.07, 6.45) is 0. The molecule has 1 aromatic rings. The molecule has 0 bridgehead atoms. The summed E-state index contributed by atoms with van der Waals surface area (Å²) >= 11 is 3.34. The highest BCUT2D eigenvalue weighted by atomic mass is 79.9. The molecule has 0 atom stereocenters. The van der Waals surface area contributed by atoms with Crippen molar-refractivity contribution < 1.29 is 4.39 Å². The largest absolute Gasteiger partial charge is 0.206 e. The summed E-state index contributed by atoms with van der Waals surface area (Å²) in [6, 6.07) is 3.68. The highest BCUT2D eigenvalue weighted by Crippen LogP contribution is 2.28. The molecule has 0 amide bonds. The zero-order valence-electron chi connectivity index (χ0n) is 7.49. The first-order chi connectivity index (χ1) is 5.54. The van der Waals surface area contributed by atoms with E-state index in [2.05, 4.69) is 15.9 Å². The van der Waals surface area contributed by atoms with Gasteiger partial charge in [0.15, 0.2) is 0 Å². The van der Waals surface area contributed by atoms with Gasteiger partial charge in [0.2, 0.25) is 0 Å². The van der Waals surface area contributed by atoms with Crippen molar-refractivity contribution >= 4 is 15.9 Å². The Morgan fingerprint density at radius 2 is 1.92 bits per heavy atom. The Balaban J connectivity index is 3.33. The lowest BCUT2D eigenvalue weighted by molar-refractivity contribution is 0.588. The molecule has 0 radical (unpaired) electrons. The monoisotopic (exact) mass is 230 g/mol. The fourth-order valence-corrected chi connectivity index (χ4v) is 1.97. The Hall–Kier alpha value is -0.370. The predicted molar refractivity (Wildman–Crippen MR) is 52.9 cm³/mol. The minimum atomic E-state index is -0.0839. The highest BCUT2D eigenvalue weighted by Gasteiger charge is 2.12. The van der Waals surface area contributed by atoms with E-state index in [1.54, 1.807) is 13.0 Å². The van der Waals surface area contributed by atoms with E-state index < -0.39 is 0 Å². The van der Waals surface area contributed by atoms with Gasteiger partial charge in [0.05, 0.1) is 0 Å². The van der Waals surface area contributed by atoms with Crippen LogP contribution in [0.25, 0.3) is 0 Å². The van der Waals surface area contributed by atoms with Crippen molar-refractivity contribution in [2.24, 2.45) is 0 Å². The topological polar surface area (TPSA) is 0 Å². The average Bonchev–Trinajstić information content (AvgIpc) is 1.97. The normalized spacial score (nSPS) is 10.8. The molecular formula is C10H12BrF. The molecule has 0 nitrogen and oxygen atoms in total. The third-order valence-corrected chi connectivity index (χ3v) is 2.59. The summed E-state index contributed by atoms with van der Waals surface area (Å²) in [5, 5.41) is 0. The fourth-order valence-electron chi connectivity index (χ4n) is 1.21. The summed E-state index contributed by atoms with van der Waals surface area (Å²) in [7, 11) is 0. The number of hydrogen-bond acceptors (Lipinski definition) is 0. The van der Waals surface area contributed by atoms with Gasteiger partial charge in [-0.2, -0.15) is 0 Å². The second-order valence-electron chi connectivity index (χ2n) is 3.25. The molecule has 0 N–H and O–H groups in total. The summed E-state index contributed by atoms with van der Waals surface area (Å²) in [6.45, 7) is 5.76. The maximum absolute atomic E-state index is 13.5. The fraction of sp³-hybridized carbons (Fsp3) is 0.400. The second-order valence-corrected chi connectivity index (χ2v) is 4.10. The van der Waals surface area contributed by atoms with E-state index in [9.17, 15) is 4.39 Å². The van der Waals surface area contributed by atoms with E-state index in [1.165, 1.54) is 0 Å². The molecule has 0 heterocycles. The molecule has 0 unspecified atom stereocenters. The first kappa shape index (κ1) is 9.72. The molecule has 0 aliphatic carbocycles. The van der Waals surface area contributed by atoms with E-state index in [-0.39, 0.29) is 11.7 Å². The Kier molecular flexibility index (Phi) is 2.89. The van der Waals surface area contributed by atoms with Crippen molar-refractivity contribution in [2.75, 3.05) is 0 Å². The van der Waals surface area contributed by atoms with Crippen LogP contribution in [0.3, 0.4) is 0 Å². The summed E-state index contributed by atoms with van der Waals surface area (Å²) in [5.41, 5.74) is 1.48. The molecule has 0 fully saturated rings. The molecule has 0 aromatic heterocycles. The number of aryl methyl sites for hydroxylation is 1. The van der Waals surface area contributed by atoms with Crippen LogP contribution in [0.15, 0.2) is 16.6 Å². The molecule has 2 heteroatoms. The Morgan fingerprint density at radius 1 is 1.33 bits per heavy atom. The van der Waals surface area contributed by atoms with Crippen LogP contribution in [0.4, 0.5) is 4.39 Å². The first-order valence-electron chi connectivity index (χ1n) is 3.98. The minimum Gasteiger partial charge on any atom is -0.206 e. The van der Waals surface area contributed by atoms with Crippen molar-refractivity contribution in [3.8, 4) is 0 Å². The molecule has 12 heavy (non-hydrogen) atoms. The van der Waals surface area contributed by atoms with E-state index >= 15 is 0 Å². The van der Waals surface area contributed by atoms with Crippen molar-refractivity contribution in [1.82, 2.24) is 0 Å². The highest BCUT2D eigenvalue weighted by molar-refractivity contribution is 9.10. The van der Waals surface area contributed by atoms with Gasteiger partial charge in [0.1, 0.15) is 5.82 Å². The molecule has 0 saturated carbocycles. The summed E-state index contributed by atoms with van der Waals surface area (Å²) in [4.78, 5) is 0. The van der Waals surface area contributed by atoms with Crippen LogP contribution in [0.2, 0.25) is 0 Å². The van der Waals surface area contributed by atoms with Gasteiger partial charge in [-0.3, -0.25) is 0 Å². The second kappa shape index (κ2) is 3.56. The van der Waals surface area contributed by atoms with E-state index in [1.807, 2.05) is 19.9 Å². The van der Waals surface area contributed by atoms with Gasteiger partial charge in [-0.25, -0.2) is 4.39 Å². The number of benzene rings is 1. The van der Waals surface area contributed by atoms with Gasteiger partial charge in [-0.15, -0.1) is 0 Å². The third-order valence-electron chi connectivity index (χ3n) is 1.90. The lowest BCUT2D eigenvalue weighted by atomic mass is 10.0. The summed E-state index contributed by atoms with van der Waals surface area (Å²) < 4.78 is 14.3. The van der Waals surface area contributed by atoms with E-state index in [0.717, 1.165) is 10.0 Å². The number of rotatable bonds is 1. The summed E-state index contributed by atoms with van der Waals surface area (Å²) in [5.74, 6) is 0.138. The van der Waals surface area contributed by atoms with Crippen LogP contribution in [0, 0.1) is 12.7 Å². The minimum absolute atomic E-state index is 0.0839. The van der Waals surface area contributed by atoms with Crippen molar-refractivity contribution in [3.63, 3.8) is 0 Å². The van der Waals surface area contributed by atoms with Crippen LogP contribution in [-0.4, -0.2) is 0 Å². The lowest BCUT2D eigenvalue weighted by Crippen LogP contribution is -1.96. The standard InChI is InChI=1S/C10H12BrF/c1-6(2)9-8(11)5-4-7(3)10(9)12/h4-6H,1-3H3. The smallest absolute Gasteiger partial charge is 0.130 e. The van der Waals surface area contributed by atoms with Crippen molar-refractivity contribution in [3.05, 3.63) is 33.5 Å². The zero-order chi connectivity index (χ0) is 9.30. The lowest BCUT2D eigenvalue weighted by Gasteiger charge is -2.11. The zero-order valence-corrected chi connectivity index (χ0v) is 9.07.